The van der Waals surface area contributed by atoms with Gasteiger partial charge in [0.05, 0.1) is 6.04 Å². The first-order chi connectivity index (χ1) is 14.7. The molecule has 2 aromatic carbocycles. The molecule has 4 aromatic rings. The fraction of sp³-hybridized carbons (Fsp3) is 0.136. The fourth-order valence-electron chi connectivity index (χ4n) is 4.31. The Hall–Kier alpha value is -3.91. The van der Waals surface area contributed by atoms with Gasteiger partial charge < -0.3 is 16.0 Å². The smallest absolute Gasteiger partial charge is 0.176 e. The Morgan fingerprint density at radius 2 is 2.07 bits per heavy atom. The third-order valence-corrected chi connectivity index (χ3v) is 5.68. The standard InChI is InChI=1S/C22H20N6O2/c1-2-12-9-13(10-18(30-24)21(12)27-29)20-16-11-28(23)22-19(16)15(7-8-25-22)14-5-3-4-6-17(14)26-20/h3-11,20,26H,2,23-24H2,1H3. The molecule has 1 unspecified atom stereocenters. The van der Waals surface area contributed by atoms with Crippen LogP contribution in [0.5, 0.6) is 5.75 Å². The number of pyridine rings is 1. The molecule has 0 spiro atoms. The average Bonchev–Trinajstić information content (AvgIpc) is 3.05. The molecule has 0 amide bonds. The van der Waals surface area contributed by atoms with Crippen molar-refractivity contribution in [3.8, 4) is 16.9 Å². The number of benzene rings is 2. The van der Waals surface area contributed by atoms with Gasteiger partial charge in [-0.1, -0.05) is 31.2 Å². The van der Waals surface area contributed by atoms with Crippen LogP contribution in [0.3, 0.4) is 0 Å². The average molecular weight is 400 g/mol. The number of nitrogen functional groups attached to an aromatic ring is 1. The summed E-state index contributed by atoms with van der Waals surface area (Å²) in [4.78, 5) is 20.8. The minimum Gasteiger partial charge on any atom is -0.409 e. The second-order valence-electron chi connectivity index (χ2n) is 7.26. The van der Waals surface area contributed by atoms with Crippen LogP contribution < -0.4 is 21.9 Å². The Bertz CT molecular complexity index is 1270. The summed E-state index contributed by atoms with van der Waals surface area (Å²) in [5, 5.41) is 7.74. The maximum atomic E-state index is 11.4. The zero-order valence-electron chi connectivity index (χ0n) is 16.3. The van der Waals surface area contributed by atoms with Crippen molar-refractivity contribution in [3.05, 3.63) is 76.5 Å². The molecule has 0 bridgehead atoms. The summed E-state index contributed by atoms with van der Waals surface area (Å²) in [5.41, 5.74) is 6.66. The number of hydrogen-bond acceptors (Lipinski definition) is 7. The number of nitrogens with two attached hydrogens (primary N) is 2. The molecule has 8 heteroatoms. The SMILES string of the molecule is CCc1cc(C2Nc3ccccc3-c3ccnc4c3c2cn4N)cc(ON)c1N=O. The van der Waals surface area contributed by atoms with E-state index < -0.39 is 0 Å². The number of rotatable bonds is 4. The van der Waals surface area contributed by atoms with Gasteiger partial charge in [0.1, 0.15) is 0 Å². The molecule has 30 heavy (non-hydrogen) atoms. The van der Waals surface area contributed by atoms with Crippen molar-refractivity contribution in [2.75, 3.05) is 11.2 Å². The highest BCUT2D eigenvalue weighted by Crippen LogP contribution is 2.45. The van der Waals surface area contributed by atoms with Gasteiger partial charge in [0, 0.05) is 34.6 Å². The molecule has 0 saturated carbocycles. The zero-order chi connectivity index (χ0) is 20.8. The number of nitroso groups, excluding NO2 is 1. The number of nitrogens with one attached hydrogen (secondary N) is 1. The van der Waals surface area contributed by atoms with E-state index in [2.05, 4.69) is 21.5 Å². The van der Waals surface area contributed by atoms with Gasteiger partial charge in [0.2, 0.25) is 0 Å². The van der Waals surface area contributed by atoms with E-state index in [-0.39, 0.29) is 17.5 Å². The normalized spacial score (nSPS) is 14.7. The summed E-state index contributed by atoms with van der Waals surface area (Å²) in [6.45, 7) is 1.96. The summed E-state index contributed by atoms with van der Waals surface area (Å²) >= 11 is 0. The minimum atomic E-state index is -0.260. The van der Waals surface area contributed by atoms with E-state index in [0.29, 0.717) is 12.1 Å². The van der Waals surface area contributed by atoms with Gasteiger partial charge in [-0.2, -0.15) is 5.90 Å². The van der Waals surface area contributed by atoms with Crippen molar-refractivity contribution < 1.29 is 4.84 Å². The summed E-state index contributed by atoms with van der Waals surface area (Å²) in [7, 11) is 0. The van der Waals surface area contributed by atoms with Gasteiger partial charge in [-0.15, -0.1) is 4.91 Å². The Labute approximate surface area is 172 Å². The topological polar surface area (TPSA) is 121 Å². The molecule has 0 radical (unpaired) electrons. The largest absolute Gasteiger partial charge is 0.409 e. The third-order valence-electron chi connectivity index (χ3n) is 5.68. The first-order valence-corrected chi connectivity index (χ1v) is 9.64. The maximum Gasteiger partial charge on any atom is 0.176 e. The molecule has 1 aliphatic heterocycles. The van der Waals surface area contributed by atoms with Crippen LogP contribution in [0.1, 0.15) is 29.7 Å². The van der Waals surface area contributed by atoms with Crippen LogP contribution >= 0.6 is 0 Å². The molecule has 0 fully saturated rings. The highest BCUT2D eigenvalue weighted by molar-refractivity contribution is 6.01. The highest BCUT2D eigenvalue weighted by Gasteiger charge is 2.28. The van der Waals surface area contributed by atoms with Crippen LogP contribution in [0.15, 0.2) is 60.0 Å². The molecule has 5 N–H and O–H groups in total. The number of aryl methyl sites for hydroxylation is 1. The number of nitrogens with zero attached hydrogens (tertiary/aromatic N) is 3. The monoisotopic (exact) mass is 400 g/mol. The summed E-state index contributed by atoms with van der Waals surface area (Å²) < 4.78 is 1.54. The molecular formula is C22H20N6O2. The van der Waals surface area contributed by atoms with E-state index in [1.165, 1.54) is 0 Å². The summed E-state index contributed by atoms with van der Waals surface area (Å²) in [6.07, 6.45) is 4.26. The molecule has 1 aliphatic rings. The van der Waals surface area contributed by atoms with Crippen LogP contribution in [-0.2, 0) is 6.42 Å². The molecule has 0 aliphatic carbocycles. The number of hydrogen-bond donors (Lipinski definition) is 3. The first-order valence-electron chi connectivity index (χ1n) is 9.64. The van der Waals surface area contributed by atoms with Crippen LogP contribution in [0.25, 0.3) is 22.2 Å². The van der Waals surface area contributed by atoms with Crippen molar-refractivity contribution >= 4 is 22.4 Å². The Morgan fingerprint density at radius 3 is 2.83 bits per heavy atom. The van der Waals surface area contributed by atoms with Gasteiger partial charge in [0.15, 0.2) is 17.1 Å². The number of fused-ring (bicyclic) bond motifs is 2. The van der Waals surface area contributed by atoms with Gasteiger partial charge in [-0.25, -0.2) is 4.98 Å². The molecule has 5 rings (SSSR count). The molecule has 1 atom stereocenters. The lowest BCUT2D eigenvalue weighted by Crippen LogP contribution is -2.14. The predicted molar refractivity (Wildman–Crippen MR) is 117 cm³/mol. The van der Waals surface area contributed by atoms with E-state index in [9.17, 15) is 4.91 Å². The zero-order valence-corrected chi connectivity index (χ0v) is 16.3. The highest BCUT2D eigenvalue weighted by atomic mass is 16.6. The van der Waals surface area contributed by atoms with Crippen molar-refractivity contribution in [1.82, 2.24) is 9.66 Å². The molecular weight excluding hydrogens is 380 g/mol. The number of para-hydroxylation sites is 1. The Morgan fingerprint density at radius 1 is 1.23 bits per heavy atom. The second-order valence-corrected chi connectivity index (χ2v) is 7.26. The van der Waals surface area contributed by atoms with Gasteiger partial charge >= 0.3 is 0 Å². The maximum absolute atomic E-state index is 11.4. The summed E-state index contributed by atoms with van der Waals surface area (Å²) in [5.74, 6) is 11.9. The quantitative estimate of drug-likeness (QED) is 0.269. The Kier molecular flexibility index (Phi) is 4.14. The molecule has 0 saturated heterocycles. The molecule has 2 aromatic heterocycles. The number of aromatic nitrogens is 2. The van der Waals surface area contributed by atoms with Crippen molar-refractivity contribution in [1.29, 1.82) is 0 Å². The van der Waals surface area contributed by atoms with Crippen LogP contribution in [0.2, 0.25) is 0 Å². The predicted octanol–water partition coefficient (Wildman–Crippen LogP) is 4.14. The van der Waals surface area contributed by atoms with Crippen LogP contribution in [-0.4, -0.2) is 9.66 Å². The van der Waals surface area contributed by atoms with E-state index in [0.717, 1.165) is 38.9 Å². The third kappa shape index (κ3) is 2.54. The van der Waals surface area contributed by atoms with Crippen LogP contribution in [0, 0.1) is 4.91 Å². The van der Waals surface area contributed by atoms with E-state index in [1.807, 2.05) is 43.5 Å². The lowest BCUT2D eigenvalue weighted by Gasteiger charge is -2.21. The van der Waals surface area contributed by atoms with Gasteiger partial charge in [-0.3, -0.25) is 4.68 Å². The number of anilines is 1. The van der Waals surface area contributed by atoms with E-state index in [1.54, 1.807) is 16.9 Å². The summed E-state index contributed by atoms with van der Waals surface area (Å²) in [6, 6.07) is 13.6. The second kappa shape index (κ2) is 6.85. The van der Waals surface area contributed by atoms with E-state index >= 15 is 0 Å². The first kappa shape index (κ1) is 18.1. The Balaban J connectivity index is 1.83. The lowest BCUT2D eigenvalue weighted by molar-refractivity contribution is 0.335. The van der Waals surface area contributed by atoms with Crippen LogP contribution in [0.4, 0.5) is 11.4 Å². The van der Waals surface area contributed by atoms with Crippen molar-refractivity contribution in [2.24, 2.45) is 11.1 Å². The lowest BCUT2D eigenvalue weighted by atomic mass is 9.94. The molecule has 3 heterocycles. The van der Waals surface area contributed by atoms with Crippen molar-refractivity contribution in [2.45, 2.75) is 19.4 Å². The van der Waals surface area contributed by atoms with E-state index in [4.69, 9.17) is 16.6 Å². The van der Waals surface area contributed by atoms with Gasteiger partial charge in [-0.05, 0) is 46.5 Å². The minimum absolute atomic E-state index is 0.224. The van der Waals surface area contributed by atoms with Crippen molar-refractivity contribution in [3.63, 3.8) is 0 Å². The van der Waals surface area contributed by atoms with Gasteiger partial charge in [0.25, 0.3) is 0 Å². The molecule has 8 nitrogen and oxygen atoms in total. The fourth-order valence-corrected chi connectivity index (χ4v) is 4.31. The molecule has 150 valence electrons.